The first-order valence-corrected chi connectivity index (χ1v) is 12.7. The van der Waals surface area contributed by atoms with Gasteiger partial charge in [-0.3, -0.25) is 14.4 Å². The molecule has 180 valence electrons. The molecule has 0 atom stereocenters. The Bertz CT molecular complexity index is 1280. The molecule has 0 radical (unpaired) electrons. The molecule has 0 bridgehead atoms. The van der Waals surface area contributed by atoms with Crippen molar-refractivity contribution in [2.45, 2.75) is 26.9 Å². The first-order chi connectivity index (χ1) is 17.1. The second kappa shape index (κ2) is 10.4. The summed E-state index contributed by atoms with van der Waals surface area (Å²) in [6, 6.07) is 14.4. The fourth-order valence-corrected chi connectivity index (χ4v) is 5.09. The highest BCUT2D eigenvalue weighted by Crippen LogP contribution is 2.28. The lowest BCUT2D eigenvalue weighted by molar-refractivity contribution is -0.127. The lowest BCUT2D eigenvalue weighted by Crippen LogP contribution is -2.47. The van der Waals surface area contributed by atoms with Crippen LogP contribution in [0, 0.1) is 13.8 Å². The van der Waals surface area contributed by atoms with E-state index in [1.807, 2.05) is 65.3 Å². The average molecular weight is 488 g/mol. The maximum Gasteiger partial charge on any atom is 0.246 e. The summed E-state index contributed by atoms with van der Waals surface area (Å²) in [5.41, 5.74) is 5.14. The molecule has 35 heavy (non-hydrogen) atoms. The Morgan fingerprint density at radius 1 is 1.06 bits per heavy atom. The van der Waals surface area contributed by atoms with Gasteiger partial charge in [0.25, 0.3) is 0 Å². The van der Waals surface area contributed by atoms with E-state index in [2.05, 4.69) is 28.3 Å². The number of thiophene rings is 1. The van der Waals surface area contributed by atoms with Gasteiger partial charge in [0, 0.05) is 56.1 Å². The van der Waals surface area contributed by atoms with Gasteiger partial charge in [0.05, 0.1) is 17.1 Å². The Hall–Kier alpha value is -3.49. The molecule has 0 unspecified atom stereocenters. The molecular weight excluding hydrogens is 458 g/mol. The maximum absolute atomic E-state index is 13.0. The van der Waals surface area contributed by atoms with E-state index >= 15 is 0 Å². The Balaban J connectivity index is 1.25. The lowest BCUT2D eigenvalue weighted by atomic mass is 10.1. The molecule has 1 amide bonds. The summed E-state index contributed by atoms with van der Waals surface area (Å²) in [7, 11) is 0. The van der Waals surface area contributed by atoms with Crippen LogP contribution in [0.3, 0.4) is 0 Å². The van der Waals surface area contributed by atoms with E-state index in [9.17, 15) is 4.79 Å². The molecule has 8 heteroatoms. The topological polar surface area (TPSA) is 67.4 Å². The second-order valence-corrected chi connectivity index (χ2v) is 9.78. The van der Waals surface area contributed by atoms with Crippen molar-refractivity contribution in [1.82, 2.24) is 24.7 Å². The first-order valence-electron chi connectivity index (χ1n) is 11.8. The molecule has 4 heterocycles. The molecule has 5 rings (SSSR count). The predicted molar refractivity (Wildman–Crippen MR) is 138 cm³/mol. The number of nitrogens with zero attached hydrogens (tertiary/aromatic N) is 5. The van der Waals surface area contributed by atoms with Gasteiger partial charge >= 0.3 is 0 Å². The minimum atomic E-state index is 0.0370. The molecule has 1 aliphatic heterocycles. The van der Waals surface area contributed by atoms with Crippen LogP contribution in [-0.4, -0.2) is 56.8 Å². The zero-order valence-corrected chi connectivity index (χ0v) is 20.9. The van der Waals surface area contributed by atoms with Crippen LogP contribution in [-0.2, 0) is 17.9 Å². The third-order valence-electron chi connectivity index (χ3n) is 6.38. The fourth-order valence-electron chi connectivity index (χ4n) is 4.36. The predicted octanol–water partition coefficient (Wildman–Crippen LogP) is 4.62. The highest BCUT2D eigenvalue weighted by molar-refractivity contribution is 7.13. The van der Waals surface area contributed by atoms with Gasteiger partial charge in [-0.2, -0.15) is 5.10 Å². The molecule has 1 aliphatic rings. The van der Waals surface area contributed by atoms with Gasteiger partial charge < -0.3 is 9.42 Å². The maximum atomic E-state index is 13.0. The third-order valence-corrected chi connectivity index (χ3v) is 7.26. The van der Waals surface area contributed by atoms with Crippen molar-refractivity contribution in [3.05, 3.63) is 88.3 Å². The second-order valence-electron chi connectivity index (χ2n) is 8.83. The van der Waals surface area contributed by atoms with Crippen molar-refractivity contribution in [3.8, 4) is 10.6 Å². The molecule has 4 aromatic rings. The quantitative estimate of drug-likeness (QED) is 0.356. The number of benzene rings is 1. The van der Waals surface area contributed by atoms with Crippen molar-refractivity contribution in [2.75, 3.05) is 26.2 Å². The van der Waals surface area contributed by atoms with Gasteiger partial charge in [-0.1, -0.05) is 41.6 Å². The monoisotopic (exact) mass is 487 g/mol. The van der Waals surface area contributed by atoms with E-state index in [1.165, 1.54) is 5.56 Å². The van der Waals surface area contributed by atoms with Crippen LogP contribution >= 0.6 is 11.3 Å². The summed E-state index contributed by atoms with van der Waals surface area (Å²) in [6.45, 7) is 8.50. The van der Waals surface area contributed by atoms with Crippen LogP contribution in [0.5, 0.6) is 0 Å². The highest BCUT2D eigenvalue weighted by atomic mass is 32.1. The van der Waals surface area contributed by atoms with Gasteiger partial charge in [-0.05, 0) is 36.9 Å². The smallest absolute Gasteiger partial charge is 0.246 e. The molecule has 0 aliphatic carbocycles. The van der Waals surface area contributed by atoms with Crippen molar-refractivity contribution >= 4 is 23.3 Å². The van der Waals surface area contributed by atoms with Crippen molar-refractivity contribution in [2.24, 2.45) is 0 Å². The summed E-state index contributed by atoms with van der Waals surface area (Å²) in [4.78, 5) is 18.3. The molecule has 0 spiro atoms. The van der Waals surface area contributed by atoms with Gasteiger partial charge in [-0.15, -0.1) is 11.3 Å². The summed E-state index contributed by atoms with van der Waals surface area (Å²) in [5, 5.41) is 10.9. The number of piperazine rings is 1. The molecule has 3 aromatic heterocycles. The number of aromatic nitrogens is 3. The van der Waals surface area contributed by atoms with Crippen LogP contribution in [0.4, 0.5) is 0 Å². The molecular formula is C27H29N5O2S. The number of rotatable bonds is 7. The van der Waals surface area contributed by atoms with Gasteiger partial charge in [0.15, 0.2) is 0 Å². The largest absolute Gasteiger partial charge is 0.361 e. The molecule has 1 aromatic carbocycles. The van der Waals surface area contributed by atoms with Crippen molar-refractivity contribution in [1.29, 1.82) is 0 Å². The lowest BCUT2D eigenvalue weighted by Gasteiger charge is -2.34. The zero-order valence-electron chi connectivity index (χ0n) is 20.1. The normalized spacial score (nSPS) is 14.7. The standard InChI is InChI=1S/C27H29N5O2S/c1-20-24(21(2)34-29-20)19-30-12-14-31(15-13-30)26(33)11-10-23-18-32(17-22-7-4-3-5-8-22)28-27(23)25-9-6-16-35-25/h3-11,16,18H,12-15,17,19H2,1-2H3/b11-10+. The molecule has 1 saturated heterocycles. The average Bonchev–Trinajstić information content (AvgIpc) is 3.61. The SMILES string of the molecule is Cc1noc(C)c1CN1CCN(C(=O)/C=C/c2cn(Cc3ccccc3)nc2-c2cccs2)CC1. The van der Waals surface area contributed by atoms with Crippen LogP contribution in [0.1, 0.15) is 28.1 Å². The van der Waals surface area contributed by atoms with E-state index in [-0.39, 0.29) is 5.91 Å². The first kappa shape index (κ1) is 23.3. The van der Waals surface area contributed by atoms with E-state index in [1.54, 1.807) is 17.4 Å². The molecule has 7 nitrogen and oxygen atoms in total. The Morgan fingerprint density at radius 2 is 1.86 bits per heavy atom. The summed E-state index contributed by atoms with van der Waals surface area (Å²) in [6.07, 6.45) is 5.61. The fraction of sp³-hybridized carbons (Fsp3) is 0.296. The molecule has 0 saturated carbocycles. The Labute approximate surface area is 209 Å². The number of amides is 1. The van der Waals surface area contributed by atoms with E-state index in [4.69, 9.17) is 9.62 Å². The van der Waals surface area contributed by atoms with Crippen molar-refractivity contribution < 1.29 is 9.32 Å². The number of aryl methyl sites for hydroxylation is 2. The third kappa shape index (κ3) is 5.44. The highest BCUT2D eigenvalue weighted by Gasteiger charge is 2.22. The van der Waals surface area contributed by atoms with E-state index < -0.39 is 0 Å². The molecule has 0 N–H and O–H groups in total. The van der Waals surface area contributed by atoms with Gasteiger partial charge in [0.1, 0.15) is 11.5 Å². The summed E-state index contributed by atoms with van der Waals surface area (Å²) >= 11 is 1.65. The van der Waals surface area contributed by atoms with Crippen LogP contribution in [0.2, 0.25) is 0 Å². The van der Waals surface area contributed by atoms with Crippen LogP contribution in [0.15, 0.2) is 64.6 Å². The van der Waals surface area contributed by atoms with Crippen LogP contribution < -0.4 is 0 Å². The summed E-state index contributed by atoms with van der Waals surface area (Å²) in [5.74, 6) is 0.910. The van der Waals surface area contributed by atoms with Crippen molar-refractivity contribution in [3.63, 3.8) is 0 Å². The number of hydrogen-bond acceptors (Lipinski definition) is 6. The molecule has 1 fully saturated rings. The minimum Gasteiger partial charge on any atom is -0.361 e. The minimum absolute atomic E-state index is 0.0370. The Kier molecular flexibility index (Phi) is 6.92. The summed E-state index contributed by atoms with van der Waals surface area (Å²) < 4.78 is 7.23. The Morgan fingerprint density at radius 3 is 2.54 bits per heavy atom. The van der Waals surface area contributed by atoms with Crippen LogP contribution in [0.25, 0.3) is 16.6 Å². The van der Waals surface area contributed by atoms with E-state index in [0.29, 0.717) is 19.6 Å². The zero-order chi connectivity index (χ0) is 24.2. The number of carbonyl (C=O) groups excluding carboxylic acids is 1. The number of hydrogen-bond donors (Lipinski definition) is 0. The van der Waals surface area contributed by atoms with Gasteiger partial charge in [-0.25, -0.2) is 0 Å². The number of carbonyl (C=O) groups is 1. The van der Waals surface area contributed by atoms with Gasteiger partial charge in [0.2, 0.25) is 5.91 Å². The van der Waals surface area contributed by atoms with E-state index in [0.717, 1.165) is 52.8 Å².